The van der Waals surface area contributed by atoms with Gasteiger partial charge in [-0.15, -0.1) is 0 Å². The van der Waals surface area contributed by atoms with Crippen LogP contribution in [0.4, 0.5) is 5.69 Å². The molecule has 5 nitrogen and oxygen atoms in total. The molecular formula is C20H27N3O2. The highest BCUT2D eigenvalue weighted by molar-refractivity contribution is 5.93. The second-order valence-electron chi connectivity index (χ2n) is 7.82. The number of nitrogens with zero attached hydrogens (tertiary/aromatic N) is 1. The number of carbonyl (C=O) groups excluding carboxylic acids is 2. The summed E-state index contributed by atoms with van der Waals surface area (Å²) in [5, 5.41) is 3.06. The highest BCUT2D eigenvalue weighted by Crippen LogP contribution is 2.47. The van der Waals surface area contributed by atoms with E-state index in [1.54, 1.807) is 0 Å². The van der Waals surface area contributed by atoms with Crippen LogP contribution in [0.25, 0.3) is 0 Å². The van der Waals surface area contributed by atoms with Gasteiger partial charge in [0.05, 0.1) is 5.92 Å². The zero-order valence-electron chi connectivity index (χ0n) is 14.6. The summed E-state index contributed by atoms with van der Waals surface area (Å²) in [6, 6.07) is 7.99. The zero-order chi connectivity index (χ0) is 17.4. The Morgan fingerprint density at radius 2 is 1.92 bits per heavy atom. The van der Waals surface area contributed by atoms with Crippen molar-refractivity contribution >= 4 is 17.5 Å². The maximum atomic E-state index is 12.5. The summed E-state index contributed by atoms with van der Waals surface area (Å²) in [5.74, 6) is 1.33. The first-order valence-corrected chi connectivity index (χ1v) is 9.56. The largest absolute Gasteiger partial charge is 0.352 e. The molecule has 0 spiro atoms. The fourth-order valence-electron chi connectivity index (χ4n) is 4.90. The highest BCUT2D eigenvalue weighted by Gasteiger charge is 2.48. The van der Waals surface area contributed by atoms with Crippen molar-refractivity contribution in [3.05, 3.63) is 29.8 Å². The molecule has 1 aromatic rings. The van der Waals surface area contributed by atoms with Gasteiger partial charge < -0.3 is 16.0 Å². The number of hydrogen-bond acceptors (Lipinski definition) is 3. The molecule has 3 fully saturated rings. The van der Waals surface area contributed by atoms with Crippen LogP contribution >= 0.6 is 0 Å². The Morgan fingerprint density at radius 3 is 2.60 bits per heavy atom. The molecule has 4 rings (SSSR count). The van der Waals surface area contributed by atoms with Gasteiger partial charge >= 0.3 is 0 Å². The molecule has 0 aromatic heterocycles. The van der Waals surface area contributed by atoms with Crippen LogP contribution in [-0.4, -0.2) is 24.4 Å². The van der Waals surface area contributed by atoms with E-state index in [-0.39, 0.29) is 23.8 Å². The Balaban J connectivity index is 1.34. The number of benzene rings is 1. The minimum absolute atomic E-state index is 0.0102. The van der Waals surface area contributed by atoms with Crippen molar-refractivity contribution in [1.29, 1.82) is 0 Å². The van der Waals surface area contributed by atoms with Gasteiger partial charge in [0.15, 0.2) is 0 Å². The lowest BCUT2D eigenvalue weighted by Crippen LogP contribution is -2.45. The molecule has 1 aliphatic heterocycles. The molecular weight excluding hydrogens is 314 g/mol. The van der Waals surface area contributed by atoms with Gasteiger partial charge in [0, 0.05) is 31.2 Å². The fourth-order valence-corrected chi connectivity index (χ4v) is 4.90. The van der Waals surface area contributed by atoms with E-state index in [9.17, 15) is 9.59 Å². The Hall–Kier alpha value is -1.88. The first-order chi connectivity index (χ1) is 12.1. The van der Waals surface area contributed by atoms with E-state index in [0.717, 1.165) is 43.5 Å². The van der Waals surface area contributed by atoms with E-state index in [1.807, 2.05) is 29.2 Å². The van der Waals surface area contributed by atoms with Crippen LogP contribution in [0.15, 0.2) is 24.3 Å². The van der Waals surface area contributed by atoms with E-state index >= 15 is 0 Å². The Bertz CT molecular complexity index is 655. The van der Waals surface area contributed by atoms with E-state index in [4.69, 9.17) is 5.73 Å². The molecule has 4 unspecified atom stereocenters. The van der Waals surface area contributed by atoms with Gasteiger partial charge in [0.25, 0.3) is 0 Å². The lowest BCUT2D eigenvalue weighted by atomic mass is 9.84. The number of amides is 2. The molecule has 3 aliphatic rings. The van der Waals surface area contributed by atoms with E-state index in [0.29, 0.717) is 24.8 Å². The van der Waals surface area contributed by atoms with Crippen molar-refractivity contribution in [2.24, 2.45) is 23.5 Å². The number of nitrogens with two attached hydrogens (primary N) is 1. The highest BCUT2D eigenvalue weighted by atomic mass is 16.2. The minimum Gasteiger partial charge on any atom is -0.352 e. The van der Waals surface area contributed by atoms with Crippen molar-refractivity contribution in [3.63, 3.8) is 0 Å². The summed E-state index contributed by atoms with van der Waals surface area (Å²) < 4.78 is 0. The van der Waals surface area contributed by atoms with Crippen molar-refractivity contribution < 1.29 is 9.59 Å². The number of rotatable bonds is 4. The number of hydrogen-bond donors (Lipinski definition) is 2. The number of piperidine rings is 1. The van der Waals surface area contributed by atoms with Gasteiger partial charge in [0.1, 0.15) is 0 Å². The molecule has 1 aromatic carbocycles. The van der Waals surface area contributed by atoms with Gasteiger partial charge in [-0.25, -0.2) is 0 Å². The smallest absolute Gasteiger partial charge is 0.226 e. The van der Waals surface area contributed by atoms with Crippen molar-refractivity contribution in [2.75, 3.05) is 11.4 Å². The van der Waals surface area contributed by atoms with Crippen LogP contribution in [0.3, 0.4) is 0 Å². The van der Waals surface area contributed by atoms with Gasteiger partial charge in [-0.3, -0.25) is 9.59 Å². The fraction of sp³-hybridized carbons (Fsp3) is 0.600. The van der Waals surface area contributed by atoms with Gasteiger partial charge in [-0.2, -0.15) is 0 Å². The van der Waals surface area contributed by atoms with E-state index < -0.39 is 0 Å². The van der Waals surface area contributed by atoms with Crippen LogP contribution < -0.4 is 16.0 Å². The third-order valence-corrected chi connectivity index (χ3v) is 6.32. The third kappa shape index (κ3) is 3.17. The zero-order valence-corrected chi connectivity index (χ0v) is 14.6. The second-order valence-corrected chi connectivity index (χ2v) is 7.82. The predicted molar refractivity (Wildman–Crippen MR) is 96.8 cm³/mol. The summed E-state index contributed by atoms with van der Waals surface area (Å²) in [7, 11) is 0. The lowest BCUT2D eigenvalue weighted by Gasteiger charge is -2.27. The molecule has 1 heterocycles. The minimum atomic E-state index is -0.0102. The van der Waals surface area contributed by atoms with E-state index in [1.165, 1.54) is 6.42 Å². The number of carbonyl (C=O) groups is 2. The SMILES string of the molecule is NC1C2CCC(C2)C1C(=O)NCc1ccc(N2CCCCC2=O)cc1. The average molecular weight is 341 g/mol. The molecule has 3 N–H and O–H groups in total. The van der Waals surface area contributed by atoms with E-state index in [2.05, 4.69) is 5.32 Å². The summed E-state index contributed by atoms with van der Waals surface area (Å²) >= 11 is 0. The van der Waals surface area contributed by atoms with Crippen molar-refractivity contribution in [3.8, 4) is 0 Å². The van der Waals surface area contributed by atoms with Gasteiger partial charge in [0.2, 0.25) is 11.8 Å². The van der Waals surface area contributed by atoms with Crippen LogP contribution in [-0.2, 0) is 16.1 Å². The van der Waals surface area contributed by atoms with Gasteiger partial charge in [-0.1, -0.05) is 12.1 Å². The molecule has 2 bridgehead atoms. The lowest BCUT2D eigenvalue weighted by molar-refractivity contribution is -0.127. The number of fused-ring (bicyclic) bond motifs is 2. The summed E-state index contributed by atoms with van der Waals surface area (Å²) in [6.07, 6.45) is 6.15. The Labute approximate surface area is 148 Å². The third-order valence-electron chi connectivity index (χ3n) is 6.32. The molecule has 5 heteroatoms. The number of nitrogens with one attached hydrogen (secondary N) is 1. The maximum Gasteiger partial charge on any atom is 0.226 e. The second kappa shape index (κ2) is 6.79. The molecule has 25 heavy (non-hydrogen) atoms. The van der Waals surface area contributed by atoms with Crippen molar-refractivity contribution in [1.82, 2.24) is 5.32 Å². The van der Waals surface area contributed by atoms with Crippen LogP contribution in [0.2, 0.25) is 0 Å². The monoisotopic (exact) mass is 341 g/mol. The molecule has 1 saturated heterocycles. The molecule has 2 saturated carbocycles. The molecule has 2 amide bonds. The first-order valence-electron chi connectivity index (χ1n) is 9.56. The van der Waals surface area contributed by atoms with Crippen LogP contribution in [0, 0.1) is 17.8 Å². The Kier molecular flexibility index (Phi) is 4.50. The Morgan fingerprint density at radius 1 is 1.16 bits per heavy atom. The van der Waals surface area contributed by atoms with Gasteiger partial charge in [-0.05, 0) is 61.6 Å². The molecule has 134 valence electrons. The molecule has 0 radical (unpaired) electrons. The standard InChI is InChI=1S/C20H27N3O2/c21-19-15-7-6-14(11-15)18(19)20(25)22-12-13-4-8-16(9-5-13)23-10-2-1-3-17(23)24/h4-5,8-9,14-15,18-19H,1-3,6-7,10-12,21H2,(H,22,25). The molecule has 2 aliphatic carbocycles. The normalized spacial score (nSPS) is 31.4. The summed E-state index contributed by atoms with van der Waals surface area (Å²) in [5.41, 5.74) is 8.26. The van der Waals surface area contributed by atoms with Crippen LogP contribution in [0.1, 0.15) is 44.1 Å². The summed E-state index contributed by atoms with van der Waals surface area (Å²) in [4.78, 5) is 26.4. The number of anilines is 1. The average Bonchev–Trinajstić information content (AvgIpc) is 3.22. The first kappa shape index (κ1) is 16.6. The predicted octanol–water partition coefficient (Wildman–Crippen LogP) is 2.19. The maximum absolute atomic E-state index is 12.5. The quantitative estimate of drug-likeness (QED) is 0.881. The van der Waals surface area contributed by atoms with Crippen LogP contribution in [0.5, 0.6) is 0 Å². The van der Waals surface area contributed by atoms with Crippen molar-refractivity contribution in [2.45, 2.75) is 51.1 Å². The topological polar surface area (TPSA) is 75.4 Å². The summed E-state index contributed by atoms with van der Waals surface area (Å²) in [6.45, 7) is 1.32. The molecule has 4 atom stereocenters.